The summed E-state index contributed by atoms with van der Waals surface area (Å²) in [5, 5.41) is 0.731. The van der Waals surface area contributed by atoms with E-state index < -0.39 is 0 Å². The Kier molecular flexibility index (Phi) is 3.49. The van der Waals surface area contributed by atoms with Crippen molar-refractivity contribution in [2.75, 3.05) is 12.8 Å². The zero-order chi connectivity index (χ0) is 12.3. The lowest BCUT2D eigenvalue weighted by Gasteiger charge is -2.09. The number of methoxy groups -OCH3 is 1. The minimum atomic E-state index is 0.360. The van der Waals surface area contributed by atoms with Crippen molar-refractivity contribution < 1.29 is 4.74 Å². The van der Waals surface area contributed by atoms with E-state index in [4.69, 9.17) is 10.5 Å². The second-order valence-electron chi connectivity index (χ2n) is 3.46. The van der Waals surface area contributed by atoms with Crippen LogP contribution >= 0.6 is 11.8 Å². The summed E-state index contributed by atoms with van der Waals surface area (Å²) in [6, 6.07) is 8.09. The quantitative estimate of drug-likeness (QED) is 0.844. The number of nitrogen functional groups attached to an aromatic ring is 1. The zero-order valence-corrected chi connectivity index (χ0v) is 10.5. The second-order valence-corrected chi connectivity index (χ2v) is 4.50. The van der Waals surface area contributed by atoms with Gasteiger partial charge in [0.15, 0.2) is 11.6 Å². The van der Waals surface area contributed by atoms with Crippen molar-refractivity contribution in [1.82, 2.24) is 9.97 Å². The van der Waals surface area contributed by atoms with Crippen molar-refractivity contribution >= 4 is 17.6 Å². The van der Waals surface area contributed by atoms with Gasteiger partial charge in [-0.2, -0.15) is 0 Å². The molecule has 0 atom stereocenters. The van der Waals surface area contributed by atoms with Gasteiger partial charge in [0.25, 0.3) is 0 Å². The van der Waals surface area contributed by atoms with Crippen LogP contribution in [0.4, 0.5) is 5.82 Å². The number of benzene rings is 1. The predicted octanol–water partition coefficient (Wildman–Crippen LogP) is 2.53. The lowest BCUT2D eigenvalue weighted by molar-refractivity contribution is 0.401. The van der Waals surface area contributed by atoms with Gasteiger partial charge in [-0.1, -0.05) is 30.0 Å². The first-order valence-electron chi connectivity index (χ1n) is 5.10. The van der Waals surface area contributed by atoms with E-state index in [1.54, 1.807) is 7.11 Å². The largest absolute Gasteiger partial charge is 0.490 e. The number of nitrogens with two attached hydrogens (primary N) is 1. The second kappa shape index (κ2) is 5.05. The molecule has 2 aromatic rings. The summed E-state index contributed by atoms with van der Waals surface area (Å²) in [7, 11) is 1.57. The molecule has 0 amide bonds. The van der Waals surface area contributed by atoms with E-state index in [1.165, 1.54) is 23.7 Å². The van der Waals surface area contributed by atoms with Gasteiger partial charge in [0.2, 0.25) is 0 Å². The molecule has 0 bridgehead atoms. The van der Waals surface area contributed by atoms with Gasteiger partial charge in [0.1, 0.15) is 11.4 Å². The van der Waals surface area contributed by atoms with Crippen LogP contribution in [0.25, 0.3) is 0 Å². The highest BCUT2D eigenvalue weighted by Crippen LogP contribution is 2.36. The summed E-state index contributed by atoms with van der Waals surface area (Å²) in [6.45, 7) is 2.05. The lowest BCUT2D eigenvalue weighted by Crippen LogP contribution is -1.99. The molecule has 0 radical (unpaired) electrons. The smallest absolute Gasteiger partial charge is 0.193 e. The van der Waals surface area contributed by atoms with E-state index in [0.717, 1.165) is 9.92 Å². The number of rotatable bonds is 3. The fourth-order valence-corrected chi connectivity index (χ4v) is 2.37. The first-order valence-corrected chi connectivity index (χ1v) is 5.92. The predicted molar refractivity (Wildman–Crippen MR) is 68.3 cm³/mol. The highest BCUT2D eigenvalue weighted by atomic mass is 32.2. The Labute approximate surface area is 104 Å². The molecule has 1 aromatic carbocycles. The average molecular weight is 247 g/mol. The Morgan fingerprint density at radius 3 is 2.71 bits per heavy atom. The molecule has 1 heterocycles. The molecule has 1 aromatic heterocycles. The van der Waals surface area contributed by atoms with Crippen LogP contribution in [0.3, 0.4) is 0 Å². The molecule has 2 N–H and O–H groups in total. The van der Waals surface area contributed by atoms with Crippen LogP contribution in [0.5, 0.6) is 5.75 Å². The fourth-order valence-electron chi connectivity index (χ4n) is 1.41. The van der Waals surface area contributed by atoms with Gasteiger partial charge < -0.3 is 10.5 Å². The maximum Gasteiger partial charge on any atom is 0.193 e. The number of hydrogen-bond acceptors (Lipinski definition) is 5. The highest BCUT2D eigenvalue weighted by molar-refractivity contribution is 7.99. The van der Waals surface area contributed by atoms with Gasteiger partial charge in [0, 0.05) is 4.90 Å². The van der Waals surface area contributed by atoms with Crippen molar-refractivity contribution in [1.29, 1.82) is 0 Å². The zero-order valence-electron chi connectivity index (χ0n) is 9.68. The fraction of sp³-hybridized carbons (Fsp3) is 0.167. The van der Waals surface area contributed by atoms with Gasteiger partial charge in [-0.3, -0.25) is 0 Å². The minimum absolute atomic E-state index is 0.360. The van der Waals surface area contributed by atoms with E-state index in [9.17, 15) is 0 Å². The van der Waals surface area contributed by atoms with E-state index in [2.05, 4.69) is 23.0 Å². The molecule has 0 saturated heterocycles. The molecular formula is C12H13N3OS. The number of anilines is 1. The van der Waals surface area contributed by atoms with Crippen LogP contribution in [0.2, 0.25) is 0 Å². The average Bonchev–Trinajstić information content (AvgIpc) is 2.32. The van der Waals surface area contributed by atoms with E-state index in [0.29, 0.717) is 11.6 Å². The van der Waals surface area contributed by atoms with E-state index >= 15 is 0 Å². The van der Waals surface area contributed by atoms with Crippen LogP contribution in [-0.4, -0.2) is 17.1 Å². The first kappa shape index (κ1) is 11.7. The SMILES string of the molecule is COc1c(N)ncnc1Sc1ccccc1C. The Bertz CT molecular complexity index is 531. The number of hydrogen-bond donors (Lipinski definition) is 1. The Morgan fingerprint density at radius 2 is 2.00 bits per heavy atom. The number of ether oxygens (including phenoxy) is 1. The lowest BCUT2D eigenvalue weighted by atomic mass is 10.2. The molecule has 5 heteroatoms. The van der Waals surface area contributed by atoms with Crippen molar-refractivity contribution in [3.8, 4) is 5.75 Å². The van der Waals surface area contributed by atoms with Crippen LogP contribution in [0.1, 0.15) is 5.56 Å². The van der Waals surface area contributed by atoms with Crippen molar-refractivity contribution in [2.24, 2.45) is 0 Å². The summed E-state index contributed by atoms with van der Waals surface area (Å²) in [5.41, 5.74) is 6.93. The Morgan fingerprint density at radius 1 is 1.24 bits per heavy atom. The molecule has 17 heavy (non-hydrogen) atoms. The molecule has 0 aliphatic rings. The molecule has 88 valence electrons. The van der Waals surface area contributed by atoms with Crippen LogP contribution in [-0.2, 0) is 0 Å². The van der Waals surface area contributed by atoms with Crippen molar-refractivity contribution in [2.45, 2.75) is 16.8 Å². The minimum Gasteiger partial charge on any atom is -0.490 e. The maximum absolute atomic E-state index is 5.73. The molecule has 0 unspecified atom stereocenters. The Balaban J connectivity index is 2.37. The molecule has 0 aliphatic carbocycles. The molecule has 0 spiro atoms. The standard InChI is InChI=1S/C12H13N3OS/c1-8-5-3-4-6-9(8)17-12-10(16-2)11(13)14-7-15-12/h3-7H,1-2H3,(H2,13,14,15). The van der Waals surface area contributed by atoms with Crippen molar-refractivity contribution in [3.05, 3.63) is 36.2 Å². The third-order valence-electron chi connectivity index (χ3n) is 2.30. The highest BCUT2D eigenvalue weighted by Gasteiger charge is 2.11. The van der Waals surface area contributed by atoms with E-state index in [-0.39, 0.29) is 0 Å². The van der Waals surface area contributed by atoms with Crippen LogP contribution in [0, 0.1) is 6.92 Å². The van der Waals surface area contributed by atoms with Gasteiger partial charge in [-0.15, -0.1) is 0 Å². The topological polar surface area (TPSA) is 61.0 Å². The third kappa shape index (κ3) is 2.50. The molecule has 0 saturated carbocycles. The summed E-state index contributed by atoms with van der Waals surface area (Å²) < 4.78 is 5.22. The summed E-state index contributed by atoms with van der Waals surface area (Å²) in [4.78, 5) is 9.23. The molecule has 0 fully saturated rings. The van der Waals surface area contributed by atoms with Gasteiger partial charge >= 0.3 is 0 Å². The summed E-state index contributed by atoms with van der Waals surface area (Å²) in [5.74, 6) is 0.888. The number of nitrogens with zero attached hydrogens (tertiary/aromatic N) is 2. The van der Waals surface area contributed by atoms with Gasteiger partial charge in [0.05, 0.1) is 7.11 Å². The third-order valence-corrected chi connectivity index (χ3v) is 3.47. The van der Waals surface area contributed by atoms with Gasteiger partial charge in [-0.25, -0.2) is 9.97 Å². The number of aryl methyl sites for hydroxylation is 1. The Hall–Kier alpha value is -1.75. The monoisotopic (exact) mass is 247 g/mol. The molecular weight excluding hydrogens is 234 g/mol. The van der Waals surface area contributed by atoms with Crippen LogP contribution in [0.15, 0.2) is 40.5 Å². The molecule has 4 nitrogen and oxygen atoms in total. The van der Waals surface area contributed by atoms with Gasteiger partial charge in [-0.05, 0) is 18.6 Å². The first-order chi connectivity index (χ1) is 8.22. The molecule has 2 rings (SSSR count). The van der Waals surface area contributed by atoms with Crippen molar-refractivity contribution in [3.63, 3.8) is 0 Å². The normalized spacial score (nSPS) is 10.2. The number of aromatic nitrogens is 2. The molecule has 0 aliphatic heterocycles. The van der Waals surface area contributed by atoms with E-state index in [1.807, 2.05) is 18.2 Å². The maximum atomic E-state index is 5.73. The van der Waals surface area contributed by atoms with Crippen LogP contribution < -0.4 is 10.5 Å². The summed E-state index contributed by atoms with van der Waals surface area (Å²) >= 11 is 1.52. The summed E-state index contributed by atoms with van der Waals surface area (Å²) in [6.07, 6.45) is 1.44.